The Balaban J connectivity index is 0.000000259. The second-order valence-electron chi connectivity index (χ2n) is 7.17. The van der Waals surface area contributed by atoms with Crippen LogP contribution in [0.1, 0.15) is 6.92 Å². The Morgan fingerprint density at radius 1 is 0.844 bits per heavy atom. The minimum absolute atomic E-state index is 0. The summed E-state index contributed by atoms with van der Waals surface area (Å²) in [6.07, 6.45) is 8.71. The smallest absolute Gasteiger partial charge is 1.00 e. The fraction of sp³-hybridized carbons (Fsp3) is 0.0370. The van der Waals surface area contributed by atoms with E-state index in [0.29, 0.717) is 0 Å². The van der Waals surface area contributed by atoms with Crippen LogP contribution in [0.5, 0.6) is 0 Å². The third-order valence-electron chi connectivity index (χ3n) is 5.05. The zero-order valence-electron chi connectivity index (χ0n) is 17.4. The Kier molecular flexibility index (Phi) is 10.2. The Morgan fingerprint density at radius 3 is 2.31 bits per heavy atom. The number of allylic oxidation sites excluding steroid dienone is 6. The summed E-state index contributed by atoms with van der Waals surface area (Å²) < 4.78 is 0. The maximum atomic E-state index is 2.27. The number of hydrogen-bond donors (Lipinski definition) is 0. The fourth-order valence-corrected chi connectivity index (χ4v) is 5.65. The maximum absolute atomic E-state index is 2.27. The number of fused-ring (bicyclic) bond motifs is 2. The molecule has 0 spiro atoms. The van der Waals surface area contributed by atoms with Crippen LogP contribution in [0, 0.1) is 0 Å². The molecule has 0 saturated carbocycles. The third-order valence-corrected chi connectivity index (χ3v) is 7.37. The molecule has 1 aromatic heterocycles. The first-order valence-corrected chi connectivity index (χ1v) is 11.4. The number of benzene rings is 2. The Bertz CT molecular complexity index is 1280. The molecular weight excluding hydrogens is 549 g/mol. The van der Waals surface area contributed by atoms with Gasteiger partial charge in [0.05, 0.1) is 0 Å². The van der Waals surface area contributed by atoms with Crippen molar-refractivity contribution in [3.8, 4) is 20.9 Å². The van der Waals surface area contributed by atoms with Crippen molar-refractivity contribution in [1.82, 2.24) is 0 Å². The summed E-state index contributed by atoms with van der Waals surface area (Å²) in [7, 11) is 1.40. The molecule has 3 aromatic carbocycles. The van der Waals surface area contributed by atoms with Crippen molar-refractivity contribution >= 4 is 35.6 Å². The second kappa shape index (κ2) is 12.2. The minimum atomic E-state index is 0. The molecular formula is C27H20Cl2PSZr. The van der Waals surface area contributed by atoms with Gasteiger partial charge in [-0.2, -0.15) is 11.3 Å². The van der Waals surface area contributed by atoms with Gasteiger partial charge in [-0.1, -0.05) is 81.0 Å². The molecule has 157 valence electrons. The van der Waals surface area contributed by atoms with Crippen LogP contribution >= 0.6 is 19.5 Å². The predicted molar refractivity (Wildman–Crippen MR) is 131 cm³/mol. The topological polar surface area (TPSA) is 0 Å². The van der Waals surface area contributed by atoms with Crippen LogP contribution in [0.4, 0.5) is 0 Å². The standard InChI is InChI=1S/C19H13S.C8H7P.2ClH.Zr/c1-2-6-14(7-3-1)18-10-11-19(20-18)17-12-15-8-4-5-9-16(15)13-17;1-6-5-7-3-2-4-8(7)9-6;;;/h1-13H;2-5H,1H3;2*1H;/q-1;;;;+3/p-2. The largest absolute Gasteiger partial charge is 3.00 e. The van der Waals surface area contributed by atoms with E-state index >= 15 is 0 Å². The molecule has 32 heavy (non-hydrogen) atoms. The van der Waals surface area contributed by atoms with Gasteiger partial charge in [-0.15, -0.1) is 34.5 Å². The predicted octanol–water partition coefficient (Wildman–Crippen LogP) is 2.48. The first-order valence-electron chi connectivity index (χ1n) is 9.73. The van der Waals surface area contributed by atoms with E-state index in [2.05, 4.69) is 110 Å². The van der Waals surface area contributed by atoms with E-state index in [9.17, 15) is 0 Å². The van der Waals surface area contributed by atoms with Crippen LogP contribution in [0.2, 0.25) is 0 Å². The SMILES string of the molecule is CC1=PC2=CC=CC2=C1.[Cl-].[Cl-].[Zr+3].c1ccc(-c2ccc(-c3cc4ccccc4[cH-]3)s2)cc1. The molecule has 0 bridgehead atoms. The Hall–Kier alpha value is -1.40. The molecule has 2 heterocycles. The van der Waals surface area contributed by atoms with Crippen LogP contribution in [-0.4, -0.2) is 5.29 Å². The van der Waals surface area contributed by atoms with Crippen molar-refractivity contribution in [3.05, 3.63) is 114 Å². The molecule has 0 amide bonds. The number of halogens is 2. The van der Waals surface area contributed by atoms with Gasteiger partial charge in [-0.3, -0.25) is 0 Å². The number of hydrogen-bond acceptors (Lipinski definition) is 1. The quantitative estimate of drug-likeness (QED) is 0.257. The zero-order chi connectivity index (χ0) is 19.6. The summed E-state index contributed by atoms with van der Waals surface area (Å²) in [6.45, 7) is 2.17. The van der Waals surface area contributed by atoms with Crippen LogP contribution in [0.3, 0.4) is 0 Å². The van der Waals surface area contributed by atoms with Crippen molar-refractivity contribution in [2.24, 2.45) is 0 Å². The van der Waals surface area contributed by atoms with E-state index < -0.39 is 0 Å². The molecule has 2 aliphatic rings. The van der Waals surface area contributed by atoms with E-state index in [1.165, 1.54) is 56.0 Å². The van der Waals surface area contributed by atoms with Crippen molar-refractivity contribution in [2.75, 3.05) is 0 Å². The normalized spacial score (nSPS) is 13.3. The summed E-state index contributed by atoms with van der Waals surface area (Å²) >= 11 is 1.85. The first-order chi connectivity index (χ1) is 14.3. The number of thiophene rings is 1. The van der Waals surface area contributed by atoms with E-state index in [1.807, 2.05) is 11.3 Å². The van der Waals surface area contributed by atoms with Crippen molar-refractivity contribution < 1.29 is 51.0 Å². The monoisotopic (exact) mass is 567 g/mol. The van der Waals surface area contributed by atoms with Crippen LogP contribution in [0.25, 0.3) is 31.7 Å². The van der Waals surface area contributed by atoms with Gasteiger partial charge in [0, 0.05) is 10.2 Å². The van der Waals surface area contributed by atoms with E-state index in [4.69, 9.17) is 0 Å². The van der Waals surface area contributed by atoms with Gasteiger partial charge >= 0.3 is 26.2 Å². The van der Waals surface area contributed by atoms with Gasteiger partial charge in [0.15, 0.2) is 0 Å². The van der Waals surface area contributed by atoms with Crippen LogP contribution in [0.15, 0.2) is 114 Å². The summed E-state index contributed by atoms with van der Waals surface area (Å²) in [4.78, 5) is 2.66. The van der Waals surface area contributed by atoms with Gasteiger partial charge < -0.3 is 24.8 Å². The molecule has 0 unspecified atom stereocenters. The summed E-state index contributed by atoms with van der Waals surface area (Å²) in [5.74, 6) is 0. The molecule has 0 fully saturated rings. The molecule has 1 radical (unpaired) electrons. The number of rotatable bonds is 2. The average Bonchev–Trinajstić information content (AvgIpc) is 3.51. The Morgan fingerprint density at radius 2 is 1.56 bits per heavy atom. The van der Waals surface area contributed by atoms with Crippen molar-refractivity contribution in [2.45, 2.75) is 6.92 Å². The third kappa shape index (κ3) is 5.93. The Labute approximate surface area is 226 Å². The molecule has 5 heteroatoms. The minimum Gasteiger partial charge on any atom is -1.00 e. The molecule has 0 N–H and O–H groups in total. The zero-order valence-corrected chi connectivity index (χ0v) is 23.1. The molecule has 0 saturated heterocycles. The van der Waals surface area contributed by atoms with E-state index in [1.54, 1.807) is 0 Å². The summed E-state index contributed by atoms with van der Waals surface area (Å²) in [5.41, 5.74) is 4.02. The molecule has 1 aliphatic carbocycles. The summed E-state index contributed by atoms with van der Waals surface area (Å²) in [6, 6.07) is 28.1. The summed E-state index contributed by atoms with van der Waals surface area (Å²) in [5, 5.41) is 5.56. The van der Waals surface area contributed by atoms with E-state index in [0.717, 1.165) is 0 Å². The maximum Gasteiger partial charge on any atom is 3.00 e. The van der Waals surface area contributed by atoms with Gasteiger partial charge in [0.25, 0.3) is 0 Å². The second-order valence-corrected chi connectivity index (χ2v) is 9.66. The molecule has 6 rings (SSSR count). The average molecular weight is 570 g/mol. The van der Waals surface area contributed by atoms with Crippen molar-refractivity contribution in [3.63, 3.8) is 0 Å². The molecule has 0 nitrogen and oxygen atoms in total. The first kappa shape index (κ1) is 26.9. The van der Waals surface area contributed by atoms with Gasteiger partial charge in [-0.05, 0) is 40.4 Å². The molecule has 1 aliphatic heterocycles. The molecule has 4 aromatic rings. The van der Waals surface area contributed by atoms with Gasteiger partial charge in [-0.25, -0.2) is 0 Å². The van der Waals surface area contributed by atoms with Crippen molar-refractivity contribution in [1.29, 1.82) is 0 Å². The van der Waals surface area contributed by atoms with Gasteiger partial charge in [0.1, 0.15) is 0 Å². The van der Waals surface area contributed by atoms with Crippen LogP contribution < -0.4 is 24.8 Å². The molecule has 0 atom stereocenters. The van der Waals surface area contributed by atoms with Gasteiger partial charge in [0.2, 0.25) is 0 Å². The van der Waals surface area contributed by atoms with E-state index in [-0.39, 0.29) is 51.0 Å². The fourth-order valence-electron chi connectivity index (χ4n) is 3.64. The van der Waals surface area contributed by atoms with Crippen LogP contribution in [-0.2, 0) is 26.2 Å².